The van der Waals surface area contributed by atoms with E-state index in [2.05, 4.69) is 6.92 Å². The van der Waals surface area contributed by atoms with Crippen LogP contribution in [0.3, 0.4) is 0 Å². The first kappa shape index (κ1) is 14.3. The second kappa shape index (κ2) is 10.7. The number of aliphatic hydroxyl groups excluding tert-OH is 1. The molecule has 3 radical (unpaired) electrons. The van der Waals surface area contributed by atoms with Gasteiger partial charge < -0.3 is 10.2 Å². The Morgan fingerprint density at radius 1 is 1.00 bits per heavy atom. The first-order chi connectivity index (χ1) is 4.77. The third-order valence-electron chi connectivity index (χ3n) is 1.57. The predicted octanol–water partition coefficient (Wildman–Crippen LogP) is 1.28. The second-order valence-electron chi connectivity index (χ2n) is 2.68. The summed E-state index contributed by atoms with van der Waals surface area (Å²) in [6.45, 7) is 2.17. The van der Waals surface area contributed by atoms with E-state index in [0.29, 0.717) is 6.42 Å². The van der Waals surface area contributed by atoms with E-state index in [1.54, 1.807) is 0 Å². The van der Waals surface area contributed by atoms with Crippen molar-refractivity contribution < 1.29 is 10.2 Å². The molecule has 0 aromatic carbocycles. The first-order valence-corrected chi connectivity index (χ1v) is 4.13. The van der Waals surface area contributed by atoms with Gasteiger partial charge in [-0.25, -0.2) is 0 Å². The number of aliphatic hydroxyl groups is 2. The Bertz CT molecular complexity index is 67.1. The number of unbranched alkanes of at least 4 members (excludes halogenated alkanes) is 4. The Morgan fingerprint density at radius 2 is 1.55 bits per heavy atom. The maximum Gasteiger partial charge on any atom is 0.151 e. The van der Waals surface area contributed by atoms with Crippen LogP contribution in [-0.4, -0.2) is 40.9 Å². The van der Waals surface area contributed by atoms with Crippen LogP contribution in [0.15, 0.2) is 0 Å². The summed E-state index contributed by atoms with van der Waals surface area (Å²) >= 11 is 0. The molecule has 0 aliphatic rings. The number of hydrogen-bond donors (Lipinski definition) is 2. The van der Waals surface area contributed by atoms with Gasteiger partial charge in [0.05, 0.1) is 0 Å². The Morgan fingerprint density at radius 3 is 2.00 bits per heavy atom. The molecular weight excluding hydrogens is 250 g/mol. The summed E-state index contributed by atoms with van der Waals surface area (Å²) in [6, 6.07) is 0. The van der Waals surface area contributed by atoms with Gasteiger partial charge in [-0.2, -0.15) is 0 Å². The van der Waals surface area contributed by atoms with Crippen molar-refractivity contribution in [2.24, 2.45) is 0 Å². The molecule has 0 heterocycles. The molecule has 0 aromatic rings. The topological polar surface area (TPSA) is 40.5 Å². The van der Waals surface area contributed by atoms with Crippen molar-refractivity contribution in [2.75, 3.05) is 0 Å². The second-order valence-corrected chi connectivity index (χ2v) is 2.68. The van der Waals surface area contributed by atoms with Gasteiger partial charge in [-0.05, 0) is 12.8 Å². The molecule has 0 bridgehead atoms. The Balaban J connectivity index is 0. The van der Waals surface area contributed by atoms with Crippen LogP contribution in [0.2, 0.25) is 0 Å². The van der Waals surface area contributed by atoms with Crippen molar-refractivity contribution in [3.63, 3.8) is 0 Å². The fraction of sp³-hybridized carbons (Fsp3) is 1.00. The fourth-order valence-corrected chi connectivity index (χ4v) is 0.930. The van der Waals surface area contributed by atoms with Crippen LogP contribution in [-0.2, 0) is 0 Å². The molecule has 0 rings (SSSR count). The van der Waals surface area contributed by atoms with Gasteiger partial charge in [-0.3, -0.25) is 0 Å². The van der Waals surface area contributed by atoms with E-state index >= 15 is 0 Å². The summed E-state index contributed by atoms with van der Waals surface area (Å²) < 4.78 is 0. The van der Waals surface area contributed by atoms with E-state index < -0.39 is 6.29 Å². The molecule has 11 heavy (non-hydrogen) atoms. The Kier molecular flexibility index (Phi) is 13.9. The fourth-order valence-electron chi connectivity index (χ4n) is 0.930. The molecule has 3 heteroatoms. The third-order valence-corrected chi connectivity index (χ3v) is 1.57. The van der Waals surface area contributed by atoms with Crippen molar-refractivity contribution in [3.05, 3.63) is 0 Å². The van der Waals surface area contributed by atoms with Crippen molar-refractivity contribution >= 4 is 24.4 Å². The summed E-state index contributed by atoms with van der Waals surface area (Å²) in [5.74, 6) is 0. The zero-order valence-electron chi connectivity index (χ0n) is 7.16. The van der Waals surface area contributed by atoms with Gasteiger partial charge in [0.25, 0.3) is 0 Å². The predicted molar refractivity (Wildman–Crippen MR) is 47.4 cm³/mol. The zero-order valence-corrected chi connectivity index (χ0v) is 9.71. The number of rotatable bonds is 6. The third kappa shape index (κ3) is 13.7. The molecule has 0 fully saturated rings. The summed E-state index contributed by atoms with van der Waals surface area (Å²) in [6.07, 6.45) is 5.24. The molecular formula is C8H18O2Sb. The van der Waals surface area contributed by atoms with Gasteiger partial charge in [0, 0.05) is 24.4 Å². The van der Waals surface area contributed by atoms with Gasteiger partial charge >= 0.3 is 0 Å². The molecule has 0 aromatic heterocycles. The Hall–Kier alpha value is 0.738. The van der Waals surface area contributed by atoms with Crippen LogP contribution in [0, 0.1) is 0 Å². The van der Waals surface area contributed by atoms with Crippen molar-refractivity contribution in [1.82, 2.24) is 0 Å². The molecule has 0 aliphatic carbocycles. The van der Waals surface area contributed by atoms with Crippen LogP contribution in [0.5, 0.6) is 0 Å². The summed E-state index contributed by atoms with van der Waals surface area (Å²) in [5.41, 5.74) is 0. The molecule has 0 amide bonds. The van der Waals surface area contributed by atoms with E-state index in [1.165, 1.54) is 19.3 Å². The van der Waals surface area contributed by atoms with Crippen LogP contribution in [0.1, 0.15) is 45.4 Å². The van der Waals surface area contributed by atoms with E-state index in [9.17, 15) is 0 Å². The van der Waals surface area contributed by atoms with E-state index in [1.807, 2.05) is 0 Å². The maximum absolute atomic E-state index is 8.46. The smallest absolute Gasteiger partial charge is 0.151 e. The molecule has 0 spiro atoms. The molecule has 67 valence electrons. The van der Waals surface area contributed by atoms with Gasteiger partial charge in [0.1, 0.15) is 0 Å². The standard InChI is InChI=1S/C8H18O2.Sb/c1-2-3-4-5-6-7-8(9)10;/h8-10H,2-7H2,1H3;. The molecule has 2 N–H and O–H groups in total. The number of hydrogen-bond acceptors (Lipinski definition) is 2. The van der Waals surface area contributed by atoms with E-state index in [0.717, 1.165) is 12.8 Å². The molecule has 0 aliphatic heterocycles. The van der Waals surface area contributed by atoms with Gasteiger partial charge in [-0.15, -0.1) is 0 Å². The average Bonchev–Trinajstić information content (AvgIpc) is 1.87. The van der Waals surface area contributed by atoms with Crippen LogP contribution >= 0.6 is 0 Å². The van der Waals surface area contributed by atoms with Crippen molar-refractivity contribution in [3.8, 4) is 0 Å². The van der Waals surface area contributed by atoms with E-state index in [-0.39, 0.29) is 24.4 Å². The minimum Gasteiger partial charge on any atom is -0.368 e. The SMILES string of the molecule is CCCCCCCC(O)O.[Sb]. The van der Waals surface area contributed by atoms with Gasteiger partial charge in [0.15, 0.2) is 6.29 Å². The Labute approximate surface area is 86.5 Å². The van der Waals surface area contributed by atoms with Gasteiger partial charge in [-0.1, -0.05) is 32.6 Å². The summed E-state index contributed by atoms with van der Waals surface area (Å²) in [5, 5.41) is 16.9. The molecule has 2 nitrogen and oxygen atoms in total. The summed E-state index contributed by atoms with van der Waals surface area (Å²) in [4.78, 5) is 0. The van der Waals surface area contributed by atoms with E-state index in [4.69, 9.17) is 10.2 Å². The average molecular weight is 268 g/mol. The first-order valence-electron chi connectivity index (χ1n) is 4.13. The molecule has 0 atom stereocenters. The minimum atomic E-state index is -1.10. The minimum absolute atomic E-state index is 0. The maximum atomic E-state index is 8.46. The van der Waals surface area contributed by atoms with Crippen LogP contribution in [0.4, 0.5) is 0 Å². The van der Waals surface area contributed by atoms with Crippen LogP contribution in [0.25, 0.3) is 0 Å². The molecule has 0 saturated carbocycles. The molecule has 0 saturated heterocycles. The molecule has 0 unspecified atom stereocenters. The summed E-state index contributed by atoms with van der Waals surface area (Å²) in [7, 11) is 0. The van der Waals surface area contributed by atoms with Crippen molar-refractivity contribution in [2.45, 2.75) is 51.7 Å². The van der Waals surface area contributed by atoms with Crippen molar-refractivity contribution in [1.29, 1.82) is 0 Å². The normalized spacial score (nSPS) is 9.82. The largest absolute Gasteiger partial charge is 0.368 e. The quantitative estimate of drug-likeness (QED) is 0.432. The monoisotopic (exact) mass is 267 g/mol. The van der Waals surface area contributed by atoms with Gasteiger partial charge in [0.2, 0.25) is 0 Å². The zero-order chi connectivity index (χ0) is 7.82. The van der Waals surface area contributed by atoms with Crippen LogP contribution < -0.4 is 0 Å².